The van der Waals surface area contributed by atoms with E-state index in [-0.39, 0.29) is 30.3 Å². The second-order valence-corrected chi connectivity index (χ2v) is 5.68. The Labute approximate surface area is 132 Å². The van der Waals surface area contributed by atoms with E-state index in [1.807, 2.05) is 6.92 Å². The van der Waals surface area contributed by atoms with Crippen LogP contribution in [0.3, 0.4) is 0 Å². The van der Waals surface area contributed by atoms with Crippen LogP contribution in [0.4, 0.5) is 4.39 Å². The number of benzene rings is 1. The predicted octanol–water partition coefficient (Wildman–Crippen LogP) is 1.20. The third-order valence-electron chi connectivity index (χ3n) is 3.92. The maximum atomic E-state index is 13.6. The van der Waals surface area contributed by atoms with Crippen LogP contribution in [0, 0.1) is 12.7 Å². The Kier molecular flexibility index (Phi) is 4.29. The lowest BCUT2D eigenvalue weighted by Gasteiger charge is -2.41. The van der Waals surface area contributed by atoms with E-state index in [4.69, 9.17) is 4.74 Å². The first-order chi connectivity index (χ1) is 11.0. The first-order valence-electron chi connectivity index (χ1n) is 7.40. The molecule has 1 aromatic carbocycles. The van der Waals surface area contributed by atoms with Crippen LogP contribution in [0.25, 0.3) is 0 Å². The third-order valence-corrected chi connectivity index (χ3v) is 3.92. The number of aryl methyl sites for hydroxylation is 1. The van der Waals surface area contributed by atoms with Gasteiger partial charge in [0.2, 0.25) is 0 Å². The van der Waals surface area contributed by atoms with Crippen LogP contribution < -0.4 is 10.1 Å². The Morgan fingerprint density at radius 1 is 1.57 bits per heavy atom. The lowest BCUT2D eigenvalue weighted by molar-refractivity contribution is -0.126. The van der Waals surface area contributed by atoms with Gasteiger partial charge in [-0.05, 0) is 37.1 Å². The van der Waals surface area contributed by atoms with Gasteiger partial charge in [-0.2, -0.15) is 5.10 Å². The average Bonchev–Trinajstić information content (AvgIpc) is 3.01. The quantitative estimate of drug-likeness (QED) is 0.868. The summed E-state index contributed by atoms with van der Waals surface area (Å²) < 4.78 is 20.4. The van der Waals surface area contributed by atoms with E-state index >= 15 is 0 Å². The molecule has 0 radical (unpaired) electrons. The van der Waals surface area contributed by atoms with Crippen LogP contribution in [0.5, 0.6) is 5.75 Å². The zero-order valence-corrected chi connectivity index (χ0v) is 12.6. The highest BCUT2D eigenvalue weighted by molar-refractivity contribution is 5.78. The molecule has 1 aromatic heterocycles. The predicted molar refractivity (Wildman–Crippen MR) is 80.5 cm³/mol. The minimum Gasteiger partial charge on any atom is -0.481 e. The number of carbonyl (C=O) groups excluding carboxylic acids is 1. The summed E-state index contributed by atoms with van der Waals surface area (Å²) in [6.45, 7) is 1.54. The van der Waals surface area contributed by atoms with Crippen molar-refractivity contribution in [3.8, 4) is 5.75 Å². The summed E-state index contributed by atoms with van der Waals surface area (Å²) in [5.74, 6) is -0.811. The van der Waals surface area contributed by atoms with E-state index < -0.39 is 11.9 Å². The molecule has 2 aromatic rings. The van der Waals surface area contributed by atoms with Gasteiger partial charge in [-0.3, -0.25) is 9.48 Å². The van der Waals surface area contributed by atoms with Gasteiger partial charge < -0.3 is 15.2 Å². The van der Waals surface area contributed by atoms with Gasteiger partial charge in [0, 0.05) is 12.4 Å². The van der Waals surface area contributed by atoms with Crippen LogP contribution >= 0.6 is 0 Å². The molecule has 1 saturated carbocycles. The van der Waals surface area contributed by atoms with Gasteiger partial charge in [-0.1, -0.05) is 6.07 Å². The minimum atomic E-state index is -0.546. The van der Waals surface area contributed by atoms with Crippen LogP contribution in [0.2, 0.25) is 0 Å². The molecule has 6 nitrogen and oxygen atoms in total. The number of aromatic nitrogens is 2. The smallest absolute Gasteiger partial charge is 0.258 e. The Morgan fingerprint density at radius 2 is 2.39 bits per heavy atom. The Bertz CT molecular complexity index is 690. The van der Waals surface area contributed by atoms with E-state index in [1.165, 1.54) is 6.07 Å². The Hall–Kier alpha value is -2.41. The summed E-state index contributed by atoms with van der Waals surface area (Å²) in [5, 5.41) is 16.7. The number of amides is 1. The number of ether oxygens (including phenoxy) is 1. The van der Waals surface area contributed by atoms with Gasteiger partial charge in [0.25, 0.3) is 5.91 Å². The molecule has 2 N–H and O–H groups in total. The summed E-state index contributed by atoms with van der Waals surface area (Å²) >= 11 is 0. The zero-order chi connectivity index (χ0) is 16.4. The number of carbonyl (C=O) groups is 1. The van der Waals surface area contributed by atoms with Crippen molar-refractivity contribution in [3.05, 3.63) is 48.0 Å². The van der Waals surface area contributed by atoms with Crippen molar-refractivity contribution < 1.29 is 19.0 Å². The highest BCUT2D eigenvalue weighted by Crippen LogP contribution is 2.32. The SMILES string of the molecule is Cc1ccc(F)c(OCC(=O)N[C@H]2C[C@@H](O)[C@@H]2n2cccn2)c1. The molecule has 1 fully saturated rings. The number of nitrogens with zero attached hydrogens (tertiary/aromatic N) is 2. The average molecular weight is 319 g/mol. The van der Waals surface area contributed by atoms with Crippen molar-refractivity contribution in [1.82, 2.24) is 15.1 Å². The summed E-state index contributed by atoms with van der Waals surface area (Å²) in [5.41, 5.74) is 0.850. The highest BCUT2D eigenvalue weighted by Gasteiger charge is 2.42. The number of aliphatic hydroxyl groups is 1. The molecule has 0 aliphatic heterocycles. The van der Waals surface area contributed by atoms with E-state index in [1.54, 1.807) is 35.3 Å². The van der Waals surface area contributed by atoms with Crippen molar-refractivity contribution in [2.24, 2.45) is 0 Å². The maximum Gasteiger partial charge on any atom is 0.258 e. The van der Waals surface area contributed by atoms with Crippen LogP contribution in [0.15, 0.2) is 36.7 Å². The molecule has 0 bridgehead atoms. The minimum absolute atomic E-state index is 0.0532. The molecule has 0 unspecified atom stereocenters. The normalized spacial score (nSPS) is 23.2. The number of nitrogens with one attached hydrogen (secondary N) is 1. The fourth-order valence-electron chi connectivity index (χ4n) is 2.69. The lowest BCUT2D eigenvalue weighted by Crippen LogP contribution is -2.56. The van der Waals surface area contributed by atoms with Gasteiger partial charge >= 0.3 is 0 Å². The van der Waals surface area contributed by atoms with E-state index in [0.29, 0.717) is 6.42 Å². The second-order valence-electron chi connectivity index (χ2n) is 5.68. The number of aliphatic hydroxyl groups excluding tert-OH is 1. The van der Waals surface area contributed by atoms with Gasteiger partial charge in [-0.25, -0.2) is 4.39 Å². The molecular formula is C16H18FN3O3. The van der Waals surface area contributed by atoms with Crippen molar-refractivity contribution >= 4 is 5.91 Å². The standard InChI is InChI=1S/C16H18FN3O3/c1-10-3-4-11(17)14(7-10)23-9-15(22)19-12-8-13(21)16(12)20-6-2-5-18-20/h2-7,12-13,16,21H,8-9H2,1H3,(H,19,22)/t12-,13+,16+/m0/s1. The van der Waals surface area contributed by atoms with E-state index in [2.05, 4.69) is 10.4 Å². The first kappa shape index (κ1) is 15.5. The van der Waals surface area contributed by atoms with Gasteiger partial charge in [-0.15, -0.1) is 0 Å². The molecule has 1 aliphatic carbocycles. The number of halogens is 1. The zero-order valence-electron chi connectivity index (χ0n) is 12.6. The Balaban J connectivity index is 1.54. The molecule has 3 atom stereocenters. The van der Waals surface area contributed by atoms with Gasteiger partial charge in [0.1, 0.15) is 0 Å². The molecule has 1 aliphatic rings. The largest absolute Gasteiger partial charge is 0.481 e. The lowest BCUT2D eigenvalue weighted by atomic mass is 9.83. The van der Waals surface area contributed by atoms with E-state index in [0.717, 1.165) is 5.56 Å². The fraction of sp³-hybridized carbons (Fsp3) is 0.375. The highest BCUT2D eigenvalue weighted by atomic mass is 19.1. The van der Waals surface area contributed by atoms with Crippen LogP contribution in [0.1, 0.15) is 18.0 Å². The number of hydrogen-bond donors (Lipinski definition) is 2. The second kappa shape index (κ2) is 6.37. The molecule has 3 rings (SSSR count). The summed E-state index contributed by atoms with van der Waals surface area (Å²) in [4.78, 5) is 12.0. The molecule has 23 heavy (non-hydrogen) atoms. The monoisotopic (exact) mass is 319 g/mol. The van der Waals surface area contributed by atoms with Crippen LogP contribution in [-0.4, -0.2) is 39.5 Å². The molecule has 7 heteroatoms. The summed E-state index contributed by atoms with van der Waals surface area (Å²) in [7, 11) is 0. The summed E-state index contributed by atoms with van der Waals surface area (Å²) in [6.07, 6.45) is 3.27. The first-order valence-corrected chi connectivity index (χ1v) is 7.40. The van der Waals surface area contributed by atoms with Gasteiger partial charge in [0.05, 0.1) is 18.2 Å². The van der Waals surface area contributed by atoms with Gasteiger partial charge in [0.15, 0.2) is 18.2 Å². The molecule has 0 saturated heterocycles. The molecular weight excluding hydrogens is 301 g/mol. The fourth-order valence-corrected chi connectivity index (χ4v) is 2.69. The van der Waals surface area contributed by atoms with Crippen molar-refractivity contribution in [2.75, 3.05) is 6.61 Å². The maximum absolute atomic E-state index is 13.6. The molecule has 1 amide bonds. The van der Waals surface area contributed by atoms with Crippen LogP contribution in [-0.2, 0) is 4.79 Å². The van der Waals surface area contributed by atoms with Crippen molar-refractivity contribution in [1.29, 1.82) is 0 Å². The third kappa shape index (κ3) is 3.34. The molecule has 0 spiro atoms. The number of hydrogen-bond acceptors (Lipinski definition) is 4. The van der Waals surface area contributed by atoms with Crippen molar-refractivity contribution in [2.45, 2.75) is 31.5 Å². The molecule has 1 heterocycles. The van der Waals surface area contributed by atoms with Crippen molar-refractivity contribution in [3.63, 3.8) is 0 Å². The Morgan fingerprint density at radius 3 is 3.09 bits per heavy atom. The molecule has 122 valence electrons. The summed E-state index contributed by atoms with van der Waals surface area (Å²) in [6, 6.07) is 5.73. The topological polar surface area (TPSA) is 76.4 Å². The number of rotatable bonds is 5. The van der Waals surface area contributed by atoms with E-state index in [9.17, 15) is 14.3 Å².